The van der Waals surface area contributed by atoms with E-state index in [0.29, 0.717) is 0 Å². The lowest BCUT2D eigenvalue weighted by atomic mass is 9.79. The minimum absolute atomic E-state index is 0.0990. The first kappa shape index (κ1) is 25.6. The molecule has 0 fully saturated rings. The predicted octanol–water partition coefficient (Wildman–Crippen LogP) is 12.7. The highest BCUT2D eigenvalue weighted by Gasteiger charge is 2.37. The number of hydrogen-bond acceptors (Lipinski definition) is 1. The SMILES string of the molecule is CC1(C)c2ccccc2-c2c1cc(-c1c3ccccc3c(-c3ccc4c(c3)oc3ccccc34)c3ccccc13)c1ccccc21. The van der Waals surface area contributed by atoms with Crippen LogP contribution in [0.2, 0.25) is 0 Å². The Morgan fingerprint density at radius 3 is 1.59 bits per heavy atom. The molecule has 0 unspecified atom stereocenters. The van der Waals surface area contributed by atoms with Gasteiger partial charge in [0.25, 0.3) is 0 Å². The Balaban J connectivity index is 1.32. The van der Waals surface area contributed by atoms with Crippen LogP contribution in [0.3, 0.4) is 0 Å². The number of furan rings is 1. The number of para-hydroxylation sites is 1. The fraction of sp³-hybridized carbons (Fsp3) is 0.0667. The molecule has 0 N–H and O–H groups in total. The van der Waals surface area contributed by atoms with Crippen LogP contribution in [-0.2, 0) is 5.41 Å². The van der Waals surface area contributed by atoms with E-state index >= 15 is 0 Å². The minimum Gasteiger partial charge on any atom is -0.456 e. The Labute approximate surface area is 267 Å². The molecule has 1 heterocycles. The molecule has 9 aromatic rings. The minimum atomic E-state index is -0.0990. The van der Waals surface area contributed by atoms with Gasteiger partial charge in [0, 0.05) is 16.2 Å². The van der Waals surface area contributed by atoms with Crippen LogP contribution in [0.5, 0.6) is 0 Å². The lowest BCUT2D eigenvalue weighted by molar-refractivity contribution is 0.661. The van der Waals surface area contributed by atoms with Gasteiger partial charge in [-0.15, -0.1) is 0 Å². The highest BCUT2D eigenvalue weighted by atomic mass is 16.3. The van der Waals surface area contributed by atoms with Crippen LogP contribution < -0.4 is 0 Å². The van der Waals surface area contributed by atoms with Crippen molar-refractivity contribution >= 4 is 54.3 Å². The maximum atomic E-state index is 6.37. The second kappa shape index (κ2) is 9.19. The zero-order chi connectivity index (χ0) is 30.6. The highest BCUT2D eigenvalue weighted by Crippen LogP contribution is 2.54. The summed E-state index contributed by atoms with van der Waals surface area (Å²) in [6.07, 6.45) is 0. The quantitative estimate of drug-likeness (QED) is 0.184. The lowest BCUT2D eigenvalue weighted by Gasteiger charge is -2.24. The molecular formula is C45H30O. The van der Waals surface area contributed by atoms with E-state index in [1.54, 1.807) is 0 Å². The second-order valence-corrected chi connectivity index (χ2v) is 13.2. The molecule has 10 rings (SSSR count). The van der Waals surface area contributed by atoms with Crippen molar-refractivity contribution in [3.8, 4) is 33.4 Å². The van der Waals surface area contributed by atoms with Gasteiger partial charge in [-0.3, -0.25) is 0 Å². The number of fused-ring (bicyclic) bond motifs is 10. The zero-order valence-electron chi connectivity index (χ0n) is 25.8. The second-order valence-electron chi connectivity index (χ2n) is 13.2. The average molecular weight is 587 g/mol. The molecule has 46 heavy (non-hydrogen) atoms. The van der Waals surface area contributed by atoms with Gasteiger partial charge in [0.2, 0.25) is 0 Å². The van der Waals surface area contributed by atoms with Crippen molar-refractivity contribution in [3.05, 3.63) is 157 Å². The van der Waals surface area contributed by atoms with E-state index in [1.165, 1.54) is 76.8 Å². The van der Waals surface area contributed by atoms with Crippen LogP contribution in [-0.4, -0.2) is 0 Å². The van der Waals surface area contributed by atoms with Crippen LogP contribution in [0, 0.1) is 0 Å². The molecule has 8 aromatic carbocycles. The van der Waals surface area contributed by atoms with Crippen LogP contribution in [0.4, 0.5) is 0 Å². The van der Waals surface area contributed by atoms with Crippen molar-refractivity contribution < 1.29 is 4.42 Å². The molecule has 1 nitrogen and oxygen atoms in total. The monoisotopic (exact) mass is 586 g/mol. The Hall–Kier alpha value is -5.66. The van der Waals surface area contributed by atoms with Gasteiger partial charge in [-0.25, -0.2) is 0 Å². The largest absolute Gasteiger partial charge is 0.456 e. The van der Waals surface area contributed by atoms with Crippen molar-refractivity contribution in [3.63, 3.8) is 0 Å². The van der Waals surface area contributed by atoms with Crippen LogP contribution in [0.1, 0.15) is 25.0 Å². The summed E-state index contributed by atoms with van der Waals surface area (Å²) in [7, 11) is 0. The van der Waals surface area contributed by atoms with E-state index in [1.807, 2.05) is 6.07 Å². The number of hydrogen-bond donors (Lipinski definition) is 0. The topological polar surface area (TPSA) is 13.1 Å². The van der Waals surface area contributed by atoms with Crippen molar-refractivity contribution in [2.75, 3.05) is 0 Å². The van der Waals surface area contributed by atoms with Gasteiger partial charge in [0.15, 0.2) is 0 Å². The first-order chi connectivity index (χ1) is 22.6. The average Bonchev–Trinajstić information content (AvgIpc) is 3.58. The maximum Gasteiger partial charge on any atom is 0.136 e. The van der Waals surface area contributed by atoms with Crippen LogP contribution >= 0.6 is 0 Å². The van der Waals surface area contributed by atoms with Gasteiger partial charge in [-0.05, 0) is 101 Å². The van der Waals surface area contributed by atoms with Crippen molar-refractivity contribution in [1.82, 2.24) is 0 Å². The summed E-state index contributed by atoms with van der Waals surface area (Å²) >= 11 is 0. The molecule has 0 aliphatic heterocycles. The Bertz CT molecular complexity index is 2660. The maximum absolute atomic E-state index is 6.37. The van der Waals surface area contributed by atoms with E-state index in [2.05, 4.69) is 153 Å². The van der Waals surface area contributed by atoms with Crippen molar-refractivity contribution in [1.29, 1.82) is 0 Å². The van der Waals surface area contributed by atoms with E-state index in [9.17, 15) is 0 Å². The van der Waals surface area contributed by atoms with E-state index in [-0.39, 0.29) is 5.41 Å². The summed E-state index contributed by atoms with van der Waals surface area (Å²) in [6.45, 7) is 4.76. The van der Waals surface area contributed by atoms with Gasteiger partial charge in [0.05, 0.1) is 0 Å². The van der Waals surface area contributed by atoms with Gasteiger partial charge >= 0.3 is 0 Å². The number of rotatable bonds is 2. The van der Waals surface area contributed by atoms with Gasteiger partial charge in [0.1, 0.15) is 11.2 Å². The zero-order valence-corrected chi connectivity index (χ0v) is 25.8. The molecule has 1 aliphatic carbocycles. The molecule has 0 radical (unpaired) electrons. The summed E-state index contributed by atoms with van der Waals surface area (Å²) in [5, 5.41) is 9.94. The first-order valence-electron chi connectivity index (χ1n) is 16.1. The highest BCUT2D eigenvalue weighted by molar-refractivity contribution is 6.25. The summed E-state index contributed by atoms with van der Waals surface area (Å²) in [4.78, 5) is 0. The van der Waals surface area contributed by atoms with Crippen LogP contribution in [0.15, 0.2) is 150 Å². The first-order valence-corrected chi connectivity index (χ1v) is 16.1. The molecule has 216 valence electrons. The van der Waals surface area contributed by atoms with Crippen molar-refractivity contribution in [2.45, 2.75) is 19.3 Å². The molecule has 0 atom stereocenters. The third-order valence-electron chi connectivity index (χ3n) is 10.5. The molecule has 0 saturated heterocycles. The normalized spacial score (nSPS) is 13.6. The van der Waals surface area contributed by atoms with E-state index in [4.69, 9.17) is 4.42 Å². The lowest BCUT2D eigenvalue weighted by Crippen LogP contribution is -2.15. The van der Waals surface area contributed by atoms with Crippen LogP contribution in [0.25, 0.3) is 87.6 Å². The summed E-state index contributed by atoms with van der Waals surface area (Å²) in [5.74, 6) is 0. The number of benzene rings is 8. The smallest absolute Gasteiger partial charge is 0.136 e. The summed E-state index contributed by atoms with van der Waals surface area (Å²) in [5.41, 5.74) is 12.3. The molecule has 1 heteroatoms. The van der Waals surface area contributed by atoms with Gasteiger partial charge < -0.3 is 4.42 Å². The molecule has 0 spiro atoms. The molecule has 0 bridgehead atoms. The standard InChI is InChI=1S/C45H30O/c1-45(2)38-21-11-9-20-36(38)44-31-15-4-3-13-28(31)37(26-39(44)45)43-34-18-7-5-16-32(34)42(33-17-6-8-19-35(33)43)27-23-24-30-29-14-10-12-22-40(29)46-41(30)25-27/h3-26H,1-2H3. The van der Waals surface area contributed by atoms with Gasteiger partial charge in [-0.1, -0.05) is 135 Å². The molecule has 0 amide bonds. The fourth-order valence-electron chi connectivity index (χ4n) is 8.37. The molecule has 1 aromatic heterocycles. The third kappa shape index (κ3) is 3.35. The molecular weight excluding hydrogens is 556 g/mol. The third-order valence-corrected chi connectivity index (χ3v) is 10.5. The Morgan fingerprint density at radius 1 is 0.370 bits per heavy atom. The predicted molar refractivity (Wildman–Crippen MR) is 195 cm³/mol. The van der Waals surface area contributed by atoms with Crippen molar-refractivity contribution in [2.24, 2.45) is 0 Å². The molecule has 1 aliphatic rings. The molecule has 0 saturated carbocycles. The fourth-order valence-corrected chi connectivity index (χ4v) is 8.37. The van der Waals surface area contributed by atoms with E-state index < -0.39 is 0 Å². The van der Waals surface area contributed by atoms with Gasteiger partial charge in [-0.2, -0.15) is 0 Å². The Morgan fingerprint density at radius 2 is 0.891 bits per heavy atom. The summed E-state index contributed by atoms with van der Waals surface area (Å²) in [6, 6.07) is 53.4. The van der Waals surface area contributed by atoms with E-state index in [0.717, 1.165) is 21.9 Å². The Kier molecular flexibility index (Phi) is 5.12. The summed E-state index contributed by atoms with van der Waals surface area (Å²) < 4.78 is 6.37.